The molecule has 0 amide bonds. The van der Waals surface area contributed by atoms with Crippen molar-refractivity contribution >= 4 is 22.5 Å². The highest BCUT2D eigenvalue weighted by atomic mass is 15.3. The molecule has 2 aliphatic heterocycles. The monoisotopic (exact) mass is 435 g/mol. The molecule has 2 aromatic carbocycles. The van der Waals surface area contributed by atoms with Crippen LogP contribution in [0.2, 0.25) is 0 Å². The number of pyridine rings is 1. The van der Waals surface area contributed by atoms with Gasteiger partial charge in [0.25, 0.3) is 0 Å². The molecule has 4 aromatic rings. The summed E-state index contributed by atoms with van der Waals surface area (Å²) >= 11 is 0. The second-order valence-electron chi connectivity index (χ2n) is 9.35. The smallest absolute Gasteiger partial charge is 0.150 e. The first-order chi connectivity index (χ1) is 16.3. The highest BCUT2D eigenvalue weighted by Gasteiger charge is 2.35. The molecule has 33 heavy (non-hydrogen) atoms. The van der Waals surface area contributed by atoms with Crippen LogP contribution in [-0.4, -0.2) is 41.1 Å². The Kier molecular flexibility index (Phi) is 5.38. The molecular weight excluding hydrogens is 406 g/mol. The number of aromatic nitrogens is 3. The molecule has 0 aliphatic carbocycles. The summed E-state index contributed by atoms with van der Waals surface area (Å²) in [5.74, 6) is 3.28. The summed E-state index contributed by atoms with van der Waals surface area (Å²) in [6.45, 7) is 4.06. The van der Waals surface area contributed by atoms with Crippen LogP contribution in [0.15, 0.2) is 79.1 Å². The summed E-state index contributed by atoms with van der Waals surface area (Å²) in [7, 11) is 0. The maximum atomic E-state index is 4.86. The lowest BCUT2D eigenvalue weighted by Gasteiger charge is -2.40. The normalized spacial score (nSPS) is 18.6. The Morgan fingerprint density at radius 3 is 2.52 bits per heavy atom. The van der Waals surface area contributed by atoms with Crippen LogP contribution in [0.3, 0.4) is 0 Å². The van der Waals surface area contributed by atoms with Crippen LogP contribution in [-0.2, 0) is 6.42 Å². The van der Waals surface area contributed by atoms with Crippen molar-refractivity contribution in [2.75, 3.05) is 36.0 Å². The van der Waals surface area contributed by atoms with E-state index in [4.69, 9.17) is 15.0 Å². The van der Waals surface area contributed by atoms with Gasteiger partial charge < -0.3 is 9.80 Å². The van der Waals surface area contributed by atoms with Crippen LogP contribution in [0.4, 0.5) is 11.6 Å². The largest absolute Gasteiger partial charge is 0.355 e. The number of nitrogens with zero attached hydrogens (tertiary/aromatic N) is 5. The minimum atomic E-state index is 0.408. The van der Waals surface area contributed by atoms with Crippen molar-refractivity contribution < 1.29 is 0 Å². The molecule has 6 rings (SSSR count). The van der Waals surface area contributed by atoms with Gasteiger partial charge in [0.15, 0.2) is 5.82 Å². The zero-order valence-electron chi connectivity index (χ0n) is 18.8. The molecule has 2 aliphatic rings. The number of benzene rings is 2. The zero-order chi connectivity index (χ0) is 22.0. The molecule has 1 atom stereocenters. The number of hydrogen-bond donors (Lipinski definition) is 0. The molecule has 0 spiro atoms. The van der Waals surface area contributed by atoms with E-state index in [1.54, 1.807) is 0 Å². The van der Waals surface area contributed by atoms with E-state index in [1.165, 1.54) is 23.8 Å². The van der Waals surface area contributed by atoms with Crippen molar-refractivity contribution in [3.63, 3.8) is 0 Å². The van der Waals surface area contributed by atoms with Gasteiger partial charge in [0, 0.05) is 49.9 Å². The van der Waals surface area contributed by atoms with E-state index in [9.17, 15) is 0 Å². The molecule has 0 saturated carbocycles. The van der Waals surface area contributed by atoms with Crippen molar-refractivity contribution in [3.8, 4) is 0 Å². The number of aryl methyl sites for hydroxylation is 1. The van der Waals surface area contributed by atoms with Crippen LogP contribution in [0.5, 0.6) is 0 Å². The number of hydrogen-bond acceptors (Lipinski definition) is 5. The van der Waals surface area contributed by atoms with Crippen LogP contribution in [0.1, 0.15) is 30.0 Å². The Balaban J connectivity index is 1.11. The van der Waals surface area contributed by atoms with Crippen LogP contribution < -0.4 is 9.80 Å². The van der Waals surface area contributed by atoms with Crippen molar-refractivity contribution in [1.82, 2.24) is 15.0 Å². The first kappa shape index (κ1) is 20.2. The van der Waals surface area contributed by atoms with E-state index in [1.807, 2.05) is 18.5 Å². The maximum Gasteiger partial charge on any atom is 0.150 e. The third-order valence-corrected chi connectivity index (χ3v) is 7.15. The van der Waals surface area contributed by atoms with Crippen molar-refractivity contribution in [2.45, 2.75) is 25.2 Å². The molecule has 2 fully saturated rings. The summed E-state index contributed by atoms with van der Waals surface area (Å²) < 4.78 is 0. The molecule has 0 N–H and O–H groups in total. The van der Waals surface area contributed by atoms with Crippen LogP contribution in [0.25, 0.3) is 10.9 Å². The van der Waals surface area contributed by atoms with E-state index < -0.39 is 0 Å². The highest BCUT2D eigenvalue weighted by molar-refractivity contribution is 5.80. The summed E-state index contributed by atoms with van der Waals surface area (Å²) in [4.78, 5) is 19.3. The SMILES string of the molecule is c1ccc(CC[C@H]2CCN(c3nccnc3C3CN(c4ccc5ccccc5n4)C3)C2)cc1. The Morgan fingerprint density at radius 1 is 0.788 bits per heavy atom. The zero-order valence-corrected chi connectivity index (χ0v) is 18.8. The maximum absolute atomic E-state index is 4.86. The Morgan fingerprint density at radius 2 is 1.61 bits per heavy atom. The van der Waals surface area contributed by atoms with Gasteiger partial charge in [0.2, 0.25) is 0 Å². The lowest BCUT2D eigenvalue weighted by Crippen LogP contribution is -2.46. The van der Waals surface area contributed by atoms with Gasteiger partial charge in [-0.25, -0.2) is 9.97 Å². The molecule has 2 aromatic heterocycles. The first-order valence-electron chi connectivity index (χ1n) is 12.0. The fourth-order valence-corrected chi connectivity index (χ4v) is 5.22. The molecular formula is C28H29N5. The summed E-state index contributed by atoms with van der Waals surface area (Å²) in [5.41, 5.74) is 3.64. The van der Waals surface area contributed by atoms with E-state index in [0.29, 0.717) is 5.92 Å². The number of para-hydroxylation sites is 1. The third kappa shape index (κ3) is 4.15. The van der Waals surface area contributed by atoms with Crippen LogP contribution >= 0.6 is 0 Å². The lowest BCUT2D eigenvalue weighted by atomic mass is 9.95. The van der Waals surface area contributed by atoms with Gasteiger partial charge in [0.1, 0.15) is 5.82 Å². The predicted octanol–water partition coefficient (Wildman–Crippen LogP) is 5.09. The summed E-state index contributed by atoms with van der Waals surface area (Å²) in [6.07, 6.45) is 7.32. The first-order valence-corrected chi connectivity index (χ1v) is 12.0. The minimum Gasteiger partial charge on any atom is -0.355 e. The summed E-state index contributed by atoms with van der Waals surface area (Å²) in [5, 5.41) is 1.19. The fraction of sp³-hybridized carbons (Fsp3) is 0.321. The van der Waals surface area contributed by atoms with Crippen molar-refractivity contribution in [1.29, 1.82) is 0 Å². The second kappa shape index (κ2) is 8.81. The van der Waals surface area contributed by atoms with E-state index in [-0.39, 0.29) is 0 Å². The van der Waals surface area contributed by atoms with E-state index in [2.05, 4.69) is 70.5 Å². The lowest BCUT2D eigenvalue weighted by molar-refractivity contribution is 0.506. The van der Waals surface area contributed by atoms with Gasteiger partial charge >= 0.3 is 0 Å². The molecule has 5 nitrogen and oxygen atoms in total. The van der Waals surface area contributed by atoms with Gasteiger partial charge in [-0.1, -0.05) is 48.5 Å². The molecule has 4 heterocycles. The average Bonchev–Trinajstić information content (AvgIpc) is 3.32. The number of fused-ring (bicyclic) bond motifs is 1. The summed E-state index contributed by atoms with van der Waals surface area (Å²) in [6, 6.07) is 23.4. The number of rotatable bonds is 6. The quantitative estimate of drug-likeness (QED) is 0.422. The van der Waals surface area contributed by atoms with Crippen LogP contribution in [0, 0.1) is 5.92 Å². The minimum absolute atomic E-state index is 0.408. The van der Waals surface area contributed by atoms with E-state index >= 15 is 0 Å². The van der Waals surface area contributed by atoms with Crippen molar-refractivity contribution in [2.24, 2.45) is 5.92 Å². The van der Waals surface area contributed by atoms with E-state index in [0.717, 1.165) is 61.4 Å². The second-order valence-corrected chi connectivity index (χ2v) is 9.35. The van der Waals surface area contributed by atoms with Gasteiger partial charge in [-0.3, -0.25) is 4.98 Å². The Bertz CT molecular complexity index is 1240. The molecule has 5 heteroatoms. The van der Waals surface area contributed by atoms with Gasteiger partial charge in [0.05, 0.1) is 11.2 Å². The predicted molar refractivity (Wildman–Crippen MR) is 134 cm³/mol. The van der Waals surface area contributed by atoms with Gasteiger partial charge in [-0.2, -0.15) is 0 Å². The number of anilines is 2. The molecule has 166 valence electrons. The topological polar surface area (TPSA) is 45.2 Å². The van der Waals surface area contributed by atoms with Gasteiger partial charge in [-0.05, 0) is 48.9 Å². The third-order valence-electron chi connectivity index (χ3n) is 7.15. The Hall–Kier alpha value is -3.47. The Labute approximate surface area is 195 Å². The molecule has 0 radical (unpaired) electrons. The average molecular weight is 436 g/mol. The molecule has 0 unspecified atom stereocenters. The highest BCUT2D eigenvalue weighted by Crippen LogP contribution is 2.36. The fourth-order valence-electron chi connectivity index (χ4n) is 5.22. The standard InChI is InChI=1S/C28H29N5/c1-2-6-21(7-3-1)10-11-22-14-17-32(18-22)28-27(29-15-16-30-28)24-19-33(20-24)26-13-12-23-8-4-5-9-25(23)31-26/h1-9,12-13,15-16,22,24H,10-11,14,17-20H2/t22-/m0/s1. The van der Waals surface area contributed by atoms with Crippen molar-refractivity contribution in [3.05, 3.63) is 90.4 Å². The van der Waals surface area contributed by atoms with Gasteiger partial charge in [-0.15, -0.1) is 0 Å². The molecule has 2 saturated heterocycles. The molecule has 0 bridgehead atoms.